The minimum Gasteiger partial charge on any atom is -0.490 e. The average Bonchev–Trinajstić information content (AvgIpc) is 2.81. The Morgan fingerprint density at radius 1 is 1.09 bits per heavy atom. The second-order valence-corrected chi connectivity index (χ2v) is 5.36. The first kappa shape index (κ1) is 15.4. The lowest BCUT2D eigenvalue weighted by Gasteiger charge is -2.17. The van der Waals surface area contributed by atoms with E-state index in [4.69, 9.17) is 9.47 Å². The summed E-state index contributed by atoms with van der Waals surface area (Å²) in [4.78, 5) is 11.5. The average molecular weight is 313 g/mol. The molecule has 23 heavy (non-hydrogen) atoms. The topological polar surface area (TPSA) is 67.8 Å². The number of para-hydroxylation sites is 1. The van der Waals surface area contributed by atoms with Crippen molar-refractivity contribution in [1.82, 2.24) is 5.32 Å². The third-order valence-electron chi connectivity index (χ3n) is 3.73. The van der Waals surface area contributed by atoms with Crippen LogP contribution in [0.4, 0.5) is 0 Å². The van der Waals surface area contributed by atoms with Crippen molar-refractivity contribution in [3.05, 3.63) is 59.7 Å². The molecule has 1 aliphatic heterocycles. The summed E-state index contributed by atoms with van der Waals surface area (Å²) in [5.41, 5.74) is 1.62. The van der Waals surface area contributed by atoms with E-state index in [9.17, 15) is 9.90 Å². The number of fused-ring (bicyclic) bond motifs is 1. The molecule has 1 aliphatic rings. The highest BCUT2D eigenvalue weighted by Gasteiger charge is 2.20. The highest BCUT2D eigenvalue weighted by Crippen LogP contribution is 2.33. The quantitative estimate of drug-likeness (QED) is 0.888. The number of carbonyl (C=O) groups is 1. The molecule has 0 aromatic heterocycles. The van der Waals surface area contributed by atoms with Gasteiger partial charge in [0.05, 0.1) is 13.2 Å². The number of benzene rings is 2. The largest absolute Gasteiger partial charge is 0.490 e. The lowest BCUT2D eigenvalue weighted by Crippen LogP contribution is -2.28. The smallest absolute Gasteiger partial charge is 0.325 e. The molecule has 1 atom stereocenters. The molecule has 2 N–H and O–H groups in total. The predicted molar refractivity (Wildman–Crippen MR) is 85.7 cm³/mol. The lowest BCUT2D eigenvalue weighted by atomic mass is 10.1. The van der Waals surface area contributed by atoms with E-state index in [2.05, 4.69) is 5.32 Å². The van der Waals surface area contributed by atoms with Crippen LogP contribution in [0.2, 0.25) is 0 Å². The summed E-state index contributed by atoms with van der Waals surface area (Å²) >= 11 is 0. The fourth-order valence-corrected chi connectivity index (χ4v) is 2.60. The number of hydrogen-bond acceptors (Lipinski definition) is 4. The molecule has 0 amide bonds. The van der Waals surface area contributed by atoms with Crippen LogP contribution in [0.1, 0.15) is 23.6 Å². The zero-order valence-corrected chi connectivity index (χ0v) is 12.7. The van der Waals surface area contributed by atoms with Crippen LogP contribution >= 0.6 is 0 Å². The maximum Gasteiger partial charge on any atom is 0.325 e. The molecule has 2 aromatic rings. The van der Waals surface area contributed by atoms with Crippen LogP contribution in [0.15, 0.2) is 48.5 Å². The van der Waals surface area contributed by atoms with Crippen molar-refractivity contribution in [2.24, 2.45) is 0 Å². The summed E-state index contributed by atoms with van der Waals surface area (Å²) in [5.74, 6) is 0.512. The Kier molecular flexibility index (Phi) is 4.78. The van der Waals surface area contributed by atoms with Gasteiger partial charge in [0, 0.05) is 18.5 Å². The van der Waals surface area contributed by atoms with E-state index in [0.29, 0.717) is 31.3 Å². The van der Waals surface area contributed by atoms with Crippen molar-refractivity contribution in [3.63, 3.8) is 0 Å². The predicted octanol–water partition coefficient (Wildman–Crippen LogP) is 2.76. The second kappa shape index (κ2) is 7.15. The molecule has 3 rings (SSSR count). The molecule has 0 saturated carbocycles. The summed E-state index contributed by atoms with van der Waals surface area (Å²) in [7, 11) is 0. The minimum absolute atomic E-state index is 0.387. The lowest BCUT2D eigenvalue weighted by molar-refractivity contribution is -0.139. The highest BCUT2D eigenvalue weighted by molar-refractivity contribution is 5.75. The van der Waals surface area contributed by atoms with Crippen LogP contribution in [0.25, 0.3) is 0 Å². The summed E-state index contributed by atoms with van der Waals surface area (Å²) in [6.45, 7) is 1.62. The molecule has 0 saturated heterocycles. The van der Waals surface area contributed by atoms with Crippen molar-refractivity contribution >= 4 is 5.97 Å². The fraction of sp³-hybridized carbons (Fsp3) is 0.278. The maximum atomic E-state index is 11.5. The Balaban J connectivity index is 1.78. The van der Waals surface area contributed by atoms with Gasteiger partial charge in [-0.2, -0.15) is 0 Å². The Morgan fingerprint density at radius 2 is 1.87 bits per heavy atom. The first-order chi connectivity index (χ1) is 11.3. The summed E-state index contributed by atoms with van der Waals surface area (Å²) in [5, 5.41) is 12.6. The Hall–Kier alpha value is -2.53. The SMILES string of the molecule is O=C(O)[C@@H](NCc1cccc2c1OCCCO2)c1ccccc1. The van der Waals surface area contributed by atoms with Gasteiger partial charge in [-0.15, -0.1) is 0 Å². The molecular formula is C18H19NO4. The third-order valence-corrected chi connectivity index (χ3v) is 3.73. The second-order valence-electron chi connectivity index (χ2n) is 5.36. The van der Waals surface area contributed by atoms with E-state index >= 15 is 0 Å². The van der Waals surface area contributed by atoms with Gasteiger partial charge >= 0.3 is 5.97 Å². The number of aliphatic carboxylic acids is 1. The molecule has 0 aliphatic carbocycles. The number of carboxylic acids is 1. The molecule has 5 nitrogen and oxygen atoms in total. The van der Waals surface area contributed by atoms with Gasteiger partial charge in [-0.25, -0.2) is 0 Å². The van der Waals surface area contributed by atoms with Crippen molar-refractivity contribution in [2.75, 3.05) is 13.2 Å². The van der Waals surface area contributed by atoms with Gasteiger partial charge in [-0.3, -0.25) is 10.1 Å². The van der Waals surface area contributed by atoms with Crippen molar-refractivity contribution < 1.29 is 19.4 Å². The van der Waals surface area contributed by atoms with E-state index in [1.807, 2.05) is 36.4 Å². The Labute approximate surface area is 134 Å². The van der Waals surface area contributed by atoms with Crippen LogP contribution in [-0.4, -0.2) is 24.3 Å². The van der Waals surface area contributed by atoms with Gasteiger partial charge in [0.15, 0.2) is 11.5 Å². The third kappa shape index (κ3) is 3.63. The first-order valence-electron chi connectivity index (χ1n) is 7.64. The van der Waals surface area contributed by atoms with Gasteiger partial charge in [0.1, 0.15) is 6.04 Å². The van der Waals surface area contributed by atoms with Crippen LogP contribution in [0.3, 0.4) is 0 Å². The van der Waals surface area contributed by atoms with E-state index in [0.717, 1.165) is 17.5 Å². The summed E-state index contributed by atoms with van der Waals surface area (Å²) in [6.07, 6.45) is 0.837. The zero-order valence-electron chi connectivity index (χ0n) is 12.7. The van der Waals surface area contributed by atoms with Crippen LogP contribution in [-0.2, 0) is 11.3 Å². The van der Waals surface area contributed by atoms with E-state index in [-0.39, 0.29) is 0 Å². The van der Waals surface area contributed by atoms with Crippen molar-refractivity contribution in [2.45, 2.75) is 19.0 Å². The standard InChI is InChI=1S/C18H19NO4/c20-18(21)16(13-6-2-1-3-7-13)19-12-14-8-4-9-15-17(14)23-11-5-10-22-15/h1-4,6-9,16,19H,5,10-12H2,(H,20,21)/t16-/m0/s1. The molecular weight excluding hydrogens is 294 g/mol. The molecule has 5 heteroatoms. The number of nitrogens with one attached hydrogen (secondary N) is 1. The fourth-order valence-electron chi connectivity index (χ4n) is 2.60. The van der Waals surface area contributed by atoms with Gasteiger partial charge in [0.25, 0.3) is 0 Å². The molecule has 1 heterocycles. The van der Waals surface area contributed by atoms with Gasteiger partial charge in [0.2, 0.25) is 0 Å². The molecule has 2 aromatic carbocycles. The Morgan fingerprint density at radius 3 is 2.65 bits per heavy atom. The number of rotatable bonds is 5. The minimum atomic E-state index is -0.907. The van der Waals surface area contributed by atoms with E-state index < -0.39 is 12.0 Å². The van der Waals surface area contributed by atoms with Gasteiger partial charge in [-0.1, -0.05) is 42.5 Å². The molecule has 120 valence electrons. The van der Waals surface area contributed by atoms with Crippen molar-refractivity contribution in [1.29, 1.82) is 0 Å². The zero-order chi connectivity index (χ0) is 16.1. The summed E-state index contributed by atoms with van der Waals surface area (Å²) < 4.78 is 11.4. The van der Waals surface area contributed by atoms with Gasteiger partial charge in [-0.05, 0) is 11.6 Å². The Bertz CT molecular complexity index is 672. The molecule has 0 fully saturated rings. The molecule has 0 bridgehead atoms. The maximum absolute atomic E-state index is 11.5. The monoisotopic (exact) mass is 313 g/mol. The number of carboxylic acid groups (broad SMARTS) is 1. The van der Waals surface area contributed by atoms with Crippen molar-refractivity contribution in [3.8, 4) is 11.5 Å². The van der Waals surface area contributed by atoms with Crippen LogP contribution in [0, 0.1) is 0 Å². The molecule has 0 spiro atoms. The first-order valence-corrected chi connectivity index (χ1v) is 7.64. The van der Waals surface area contributed by atoms with Gasteiger partial charge < -0.3 is 14.6 Å². The highest BCUT2D eigenvalue weighted by atomic mass is 16.5. The van der Waals surface area contributed by atoms with Crippen LogP contribution in [0.5, 0.6) is 11.5 Å². The molecule has 0 unspecified atom stereocenters. The molecule has 0 radical (unpaired) electrons. The van der Waals surface area contributed by atoms with E-state index in [1.165, 1.54) is 0 Å². The normalized spacial score (nSPS) is 14.8. The summed E-state index contributed by atoms with van der Waals surface area (Å²) in [6, 6.07) is 14.1. The number of ether oxygens (including phenoxy) is 2. The van der Waals surface area contributed by atoms with Crippen LogP contribution < -0.4 is 14.8 Å². The van der Waals surface area contributed by atoms with E-state index in [1.54, 1.807) is 12.1 Å². The number of hydrogen-bond donors (Lipinski definition) is 2.